The Bertz CT molecular complexity index is 625. The van der Waals surface area contributed by atoms with Gasteiger partial charge >= 0.3 is 0 Å². The monoisotopic (exact) mass is 311 g/mol. The number of aliphatic hydroxyl groups is 1. The van der Waals surface area contributed by atoms with E-state index < -0.39 is 10.0 Å². The third-order valence-electron chi connectivity index (χ3n) is 4.60. The molecule has 0 saturated carbocycles. The molecule has 1 aliphatic rings. The Balaban J connectivity index is 2.56. The molecule has 0 bridgehead atoms. The summed E-state index contributed by atoms with van der Waals surface area (Å²) in [6.07, 6.45) is 2.67. The van der Waals surface area contributed by atoms with Crippen LogP contribution >= 0.6 is 0 Å². The molecule has 1 heterocycles. The number of sulfonamides is 1. The van der Waals surface area contributed by atoms with Gasteiger partial charge in [0.1, 0.15) is 0 Å². The number of nitrogens with zero attached hydrogens (tertiary/aromatic N) is 1. The Labute approximate surface area is 127 Å². The van der Waals surface area contributed by atoms with Crippen LogP contribution in [-0.4, -0.2) is 29.9 Å². The van der Waals surface area contributed by atoms with Crippen LogP contribution in [0.25, 0.3) is 0 Å². The van der Waals surface area contributed by atoms with Crippen molar-refractivity contribution in [3.63, 3.8) is 0 Å². The van der Waals surface area contributed by atoms with Gasteiger partial charge in [0, 0.05) is 12.1 Å². The van der Waals surface area contributed by atoms with Crippen molar-refractivity contribution < 1.29 is 13.5 Å². The summed E-state index contributed by atoms with van der Waals surface area (Å²) in [6.45, 7) is 7.60. The summed E-state index contributed by atoms with van der Waals surface area (Å²) in [4.78, 5) is 0.346. The van der Waals surface area contributed by atoms with Gasteiger partial charge in [0.05, 0.1) is 11.5 Å². The van der Waals surface area contributed by atoms with E-state index in [1.54, 1.807) is 10.4 Å². The number of rotatable bonds is 4. The van der Waals surface area contributed by atoms with Gasteiger partial charge in [-0.05, 0) is 62.8 Å². The summed E-state index contributed by atoms with van der Waals surface area (Å²) in [6, 6.07) is 3.59. The highest BCUT2D eigenvalue weighted by molar-refractivity contribution is 7.89. The van der Waals surface area contributed by atoms with Gasteiger partial charge in [0.2, 0.25) is 10.0 Å². The number of hydrogen-bond acceptors (Lipinski definition) is 3. The van der Waals surface area contributed by atoms with Gasteiger partial charge < -0.3 is 5.11 Å². The molecule has 1 aliphatic heterocycles. The third-order valence-corrected chi connectivity index (χ3v) is 6.79. The van der Waals surface area contributed by atoms with E-state index in [1.807, 2.05) is 33.8 Å². The second-order valence-corrected chi connectivity index (χ2v) is 7.83. The Kier molecular flexibility index (Phi) is 4.76. The van der Waals surface area contributed by atoms with Gasteiger partial charge in [0.25, 0.3) is 0 Å². The molecule has 0 aromatic heterocycles. The smallest absolute Gasteiger partial charge is 0.243 e. The van der Waals surface area contributed by atoms with Crippen LogP contribution in [0.15, 0.2) is 17.0 Å². The van der Waals surface area contributed by atoms with Crippen molar-refractivity contribution in [3.05, 3.63) is 28.8 Å². The van der Waals surface area contributed by atoms with Crippen molar-refractivity contribution in [1.29, 1.82) is 0 Å². The number of benzene rings is 1. The van der Waals surface area contributed by atoms with E-state index in [0.717, 1.165) is 30.4 Å². The highest BCUT2D eigenvalue weighted by Crippen LogP contribution is 2.34. The minimum absolute atomic E-state index is 0.0393. The normalized spacial score (nSPS) is 23.7. The summed E-state index contributed by atoms with van der Waals surface area (Å²) in [5, 5.41) is 9.35. The third kappa shape index (κ3) is 2.87. The molecule has 2 rings (SSSR count). The van der Waals surface area contributed by atoms with Gasteiger partial charge in [-0.3, -0.25) is 0 Å². The summed E-state index contributed by atoms with van der Waals surface area (Å²) >= 11 is 0. The van der Waals surface area contributed by atoms with Gasteiger partial charge in [-0.2, -0.15) is 4.31 Å². The first-order chi connectivity index (χ1) is 9.82. The molecule has 1 N–H and O–H groups in total. The fourth-order valence-corrected chi connectivity index (χ4v) is 5.54. The fourth-order valence-electron chi connectivity index (χ4n) is 3.24. The van der Waals surface area contributed by atoms with Crippen LogP contribution in [-0.2, 0) is 16.6 Å². The van der Waals surface area contributed by atoms with E-state index in [1.165, 1.54) is 0 Å². The van der Waals surface area contributed by atoms with Crippen LogP contribution < -0.4 is 0 Å². The summed E-state index contributed by atoms with van der Waals surface area (Å²) < 4.78 is 27.9. The van der Waals surface area contributed by atoms with Crippen LogP contribution in [0, 0.1) is 13.8 Å². The maximum absolute atomic E-state index is 13.1. The maximum Gasteiger partial charge on any atom is 0.243 e. The molecular formula is C16H25NO3S. The van der Waals surface area contributed by atoms with E-state index in [-0.39, 0.29) is 18.7 Å². The van der Waals surface area contributed by atoms with Crippen LogP contribution in [0.1, 0.15) is 49.8 Å². The van der Waals surface area contributed by atoms with E-state index >= 15 is 0 Å². The molecule has 1 saturated heterocycles. The van der Waals surface area contributed by atoms with Crippen molar-refractivity contribution in [2.45, 2.75) is 70.5 Å². The van der Waals surface area contributed by atoms with Crippen LogP contribution in [0.4, 0.5) is 0 Å². The Morgan fingerprint density at radius 2 is 1.95 bits per heavy atom. The molecule has 1 aromatic rings. The minimum Gasteiger partial charge on any atom is -0.392 e. The molecule has 0 radical (unpaired) electrons. The highest BCUT2D eigenvalue weighted by Gasteiger charge is 2.39. The van der Waals surface area contributed by atoms with Crippen molar-refractivity contribution in [2.24, 2.45) is 0 Å². The zero-order chi connectivity index (χ0) is 15.8. The standard InChI is InChI=1S/C16H25NO3S/c1-5-15-7-6-12(3)17(15)21(19,20)16-9-14(10-18)8-11(2)13(16)4/h8-9,12,15,18H,5-7,10H2,1-4H3. The molecule has 118 valence electrons. The lowest BCUT2D eigenvalue weighted by atomic mass is 10.1. The largest absolute Gasteiger partial charge is 0.392 e. The number of aryl methyl sites for hydroxylation is 1. The Morgan fingerprint density at radius 1 is 1.29 bits per heavy atom. The number of aliphatic hydroxyl groups excluding tert-OH is 1. The molecule has 1 aromatic carbocycles. The fraction of sp³-hybridized carbons (Fsp3) is 0.625. The van der Waals surface area contributed by atoms with Crippen molar-refractivity contribution in [3.8, 4) is 0 Å². The molecular weight excluding hydrogens is 286 g/mol. The maximum atomic E-state index is 13.1. The van der Waals surface area contributed by atoms with E-state index in [4.69, 9.17) is 0 Å². The van der Waals surface area contributed by atoms with Crippen LogP contribution in [0.5, 0.6) is 0 Å². The average Bonchev–Trinajstić information content (AvgIpc) is 2.83. The molecule has 5 heteroatoms. The Hall–Kier alpha value is -0.910. The van der Waals surface area contributed by atoms with Crippen molar-refractivity contribution >= 4 is 10.0 Å². The zero-order valence-electron chi connectivity index (χ0n) is 13.3. The minimum atomic E-state index is -3.51. The molecule has 0 aliphatic carbocycles. The Morgan fingerprint density at radius 3 is 2.52 bits per heavy atom. The predicted octanol–water partition coefficient (Wildman–Crippen LogP) is 2.75. The first kappa shape index (κ1) is 16.5. The molecule has 0 amide bonds. The van der Waals surface area contributed by atoms with Crippen molar-refractivity contribution in [1.82, 2.24) is 4.31 Å². The lowest BCUT2D eigenvalue weighted by Crippen LogP contribution is -2.40. The summed E-state index contributed by atoms with van der Waals surface area (Å²) in [7, 11) is -3.51. The van der Waals surface area contributed by atoms with Crippen LogP contribution in [0.3, 0.4) is 0 Å². The van der Waals surface area contributed by atoms with E-state index in [0.29, 0.717) is 10.5 Å². The van der Waals surface area contributed by atoms with Crippen molar-refractivity contribution in [2.75, 3.05) is 0 Å². The zero-order valence-corrected chi connectivity index (χ0v) is 14.1. The summed E-state index contributed by atoms with van der Waals surface area (Å²) in [5.41, 5.74) is 2.33. The van der Waals surface area contributed by atoms with E-state index in [9.17, 15) is 13.5 Å². The number of hydrogen-bond donors (Lipinski definition) is 1. The van der Waals surface area contributed by atoms with Gasteiger partial charge in [0.15, 0.2) is 0 Å². The first-order valence-electron chi connectivity index (χ1n) is 7.57. The molecule has 21 heavy (non-hydrogen) atoms. The lowest BCUT2D eigenvalue weighted by Gasteiger charge is -2.28. The molecule has 1 fully saturated rings. The quantitative estimate of drug-likeness (QED) is 0.930. The topological polar surface area (TPSA) is 57.6 Å². The second kappa shape index (κ2) is 6.07. The lowest BCUT2D eigenvalue weighted by molar-refractivity contribution is 0.281. The van der Waals surface area contributed by atoms with Crippen LogP contribution in [0.2, 0.25) is 0 Å². The predicted molar refractivity (Wildman–Crippen MR) is 83.6 cm³/mol. The van der Waals surface area contributed by atoms with Gasteiger partial charge in [-0.15, -0.1) is 0 Å². The van der Waals surface area contributed by atoms with E-state index in [2.05, 4.69) is 0 Å². The highest BCUT2D eigenvalue weighted by atomic mass is 32.2. The average molecular weight is 311 g/mol. The molecule has 0 spiro atoms. The molecule has 4 nitrogen and oxygen atoms in total. The summed E-state index contributed by atoms with van der Waals surface area (Å²) in [5.74, 6) is 0. The molecule has 2 unspecified atom stereocenters. The van der Waals surface area contributed by atoms with Gasteiger partial charge in [-0.1, -0.05) is 13.0 Å². The first-order valence-corrected chi connectivity index (χ1v) is 9.01. The SMILES string of the molecule is CCC1CCC(C)N1S(=O)(=O)c1cc(CO)cc(C)c1C. The second-order valence-electron chi connectivity index (χ2n) is 6.02. The van der Waals surface area contributed by atoms with Gasteiger partial charge in [-0.25, -0.2) is 8.42 Å². The molecule has 2 atom stereocenters.